The predicted octanol–water partition coefficient (Wildman–Crippen LogP) is 6.59. The lowest BCUT2D eigenvalue weighted by atomic mass is 9.85. The number of unbranched alkanes of at least 4 members (excludes halogenated alkanes) is 12. The highest BCUT2D eigenvalue weighted by molar-refractivity contribution is 5.97. The highest BCUT2D eigenvalue weighted by Crippen LogP contribution is 2.25. The molecule has 0 spiro atoms. The van der Waals surface area contributed by atoms with Gasteiger partial charge in [-0.15, -0.1) is 0 Å². The lowest BCUT2D eigenvalue weighted by Crippen LogP contribution is -2.36. The van der Waals surface area contributed by atoms with Crippen LogP contribution in [0.5, 0.6) is 0 Å². The van der Waals surface area contributed by atoms with E-state index in [0.717, 1.165) is 32.1 Å². The van der Waals surface area contributed by atoms with Crippen LogP contribution in [0.2, 0.25) is 0 Å². The second kappa shape index (κ2) is 15.9. The molecule has 0 radical (unpaired) electrons. The van der Waals surface area contributed by atoms with Gasteiger partial charge in [-0.05, 0) is 39.0 Å². The van der Waals surface area contributed by atoms with Gasteiger partial charge in [-0.3, -0.25) is 9.59 Å². The van der Waals surface area contributed by atoms with E-state index in [0.29, 0.717) is 6.42 Å². The number of aliphatic carboxylic acids is 2. The maximum Gasteiger partial charge on any atom is 0.320 e. The van der Waals surface area contributed by atoms with Gasteiger partial charge in [0.25, 0.3) is 0 Å². The largest absolute Gasteiger partial charge is 0.480 e. The molecule has 0 aliphatic rings. The van der Waals surface area contributed by atoms with E-state index in [1.165, 1.54) is 58.3 Å². The molecule has 0 aliphatic carbocycles. The minimum atomic E-state index is -1.64. The van der Waals surface area contributed by atoms with Crippen molar-refractivity contribution in [3.8, 4) is 0 Å². The molecule has 4 heteroatoms. The van der Waals surface area contributed by atoms with Gasteiger partial charge in [-0.2, -0.15) is 0 Å². The van der Waals surface area contributed by atoms with E-state index in [4.69, 9.17) is 10.2 Å². The number of carbonyl (C=O) groups is 2. The van der Waals surface area contributed by atoms with Gasteiger partial charge in [0.2, 0.25) is 0 Å². The summed E-state index contributed by atoms with van der Waals surface area (Å²) in [5.74, 6) is -2.48. The SMILES string of the molecule is CCCCCCCCC/C=C/CCCCCCCC(C)(C(=O)O)C(=O)O. The smallest absolute Gasteiger partial charge is 0.320 e. The molecule has 152 valence electrons. The van der Waals surface area contributed by atoms with Gasteiger partial charge in [0.15, 0.2) is 5.41 Å². The van der Waals surface area contributed by atoms with Crippen molar-refractivity contribution in [3.63, 3.8) is 0 Å². The van der Waals surface area contributed by atoms with Gasteiger partial charge in [0, 0.05) is 0 Å². The molecular formula is C22H40O4. The average Bonchev–Trinajstić information content (AvgIpc) is 2.60. The Morgan fingerprint density at radius 3 is 1.50 bits per heavy atom. The summed E-state index contributed by atoms with van der Waals surface area (Å²) in [4.78, 5) is 22.1. The van der Waals surface area contributed by atoms with E-state index >= 15 is 0 Å². The Morgan fingerprint density at radius 2 is 1.08 bits per heavy atom. The molecule has 0 unspecified atom stereocenters. The number of carboxylic acids is 2. The summed E-state index contributed by atoms with van der Waals surface area (Å²) in [5.41, 5.74) is -1.64. The van der Waals surface area contributed by atoms with Crippen LogP contribution in [-0.4, -0.2) is 22.2 Å². The van der Waals surface area contributed by atoms with Gasteiger partial charge in [0.05, 0.1) is 0 Å². The number of rotatable bonds is 18. The van der Waals surface area contributed by atoms with Gasteiger partial charge in [-0.1, -0.05) is 83.3 Å². The topological polar surface area (TPSA) is 74.6 Å². The molecule has 0 atom stereocenters. The van der Waals surface area contributed by atoms with Crippen LogP contribution < -0.4 is 0 Å². The van der Waals surface area contributed by atoms with E-state index in [2.05, 4.69) is 19.1 Å². The van der Waals surface area contributed by atoms with Gasteiger partial charge >= 0.3 is 11.9 Å². The Labute approximate surface area is 160 Å². The molecule has 0 aromatic heterocycles. The molecule has 0 saturated carbocycles. The molecule has 0 saturated heterocycles. The first-order valence-electron chi connectivity index (χ1n) is 10.6. The van der Waals surface area contributed by atoms with Crippen molar-refractivity contribution in [2.45, 2.75) is 110 Å². The summed E-state index contributed by atoms with van der Waals surface area (Å²) in [7, 11) is 0. The first kappa shape index (κ1) is 24.7. The fraction of sp³-hybridized carbons (Fsp3) is 0.818. The van der Waals surface area contributed by atoms with Crippen molar-refractivity contribution in [3.05, 3.63) is 12.2 Å². The minimum Gasteiger partial charge on any atom is -0.480 e. The molecule has 4 nitrogen and oxygen atoms in total. The molecule has 0 aliphatic heterocycles. The molecule has 0 heterocycles. The summed E-state index contributed by atoms with van der Waals surface area (Å²) in [6.07, 6.45) is 21.4. The van der Waals surface area contributed by atoms with Crippen LogP contribution in [0.15, 0.2) is 12.2 Å². The van der Waals surface area contributed by atoms with E-state index in [-0.39, 0.29) is 6.42 Å². The maximum absolute atomic E-state index is 11.1. The molecule has 0 amide bonds. The Balaban J connectivity index is 3.45. The number of carboxylic acid groups (broad SMARTS) is 2. The molecule has 0 rings (SSSR count). The molecule has 2 N–H and O–H groups in total. The van der Waals surface area contributed by atoms with Crippen molar-refractivity contribution in [2.24, 2.45) is 5.41 Å². The Hall–Kier alpha value is -1.32. The molecule has 26 heavy (non-hydrogen) atoms. The third-order valence-corrected chi connectivity index (χ3v) is 5.13. The van der Waals surface area contributed by atoms with Crippen LogP contribution in [0.25, 0.3) is 0 Å². The Morgan fingerprint density at radius 1 is 0.692 bits per heavy atom. The Bertz CT molecular complexity index is 387. The quantitative estimate of drug-likeness (QED) is 0.162. The van der Waals surface area contributed by atoms with E-state index in [1.807, 2.05) is 0 Å². The van der Waals surface area contributed by atoms with Crippen LogP contribution in [0.4, 0.5) is 0 Å². The maximum atomic E-state index is 11.1. The van der Waals surface area contributed by atoms with Gasteiger partial charge < -0.3 is 10.2 Å². The number of hydrogen-bond donors (Lipinski definition) is 2. The first-order valence-corrected chi connectivity index (χ1v) is 10.6. The van der Waals surface area contributed by atoms with Crippen molar-refractivity contribution in [1.29, 1.82) is 0 Å². The molecule has 0 fully saturated rings. The highest BCUT2D eigenvalue weighted by Gasteiger charge is 2.40. The molecule has 0 bridgehead atoms. The summed E-state index contributed by atoms with van der Waals surface area (Å²) < 4.78 is 0. The van der Waals surface area contributed by atoms with Crippen LogP contribution in [0.1, 0.15) is 110 Å². The third-order valence-electron chi connectivity index (χ3n) is 5.13. The highest BCUT2D eigenvalue weighted by atomic mass is 16.4. The summed E-state index contributed by atoms with van der Waals surface area (Å²) in [6, 6.07) is 0. The van der Waals surface area contributed by atoms with Crippen LogP contribution in [-0.2, 0) is 9.59 Å². The van der Waals surface area contributed by atoms with E-state index in [9.17, 15) is 9.59 Å². The molecular weight excluding hydrogens is 328 g/mol. The summed E-state index contributed by atoms with van der Waals surface area (Å²) in [5, 5.41) is 18.1. The number of hydrogen-bond acceptors (Lipinski definition) is 2. The zero-order valence-electron chi connectivity index (χ0n) is 17.0. The zero-order valence-corrected chi connectivity index (χ0v) is 17.0. The summed E-state index contributed by atoms with van der Waals surface area (Å²) >= 11 is 0. The number of allylic oxidation sites excluding steroid dienone is 2. The monoisotopic (exact) mass is 368 g/mol. The van der Waals surface area contributed by atoms with Crippen molar-refractivity contribution >= 4 is 11.9 Å². The fourth-order valence-electron chi connectivity index (χ4n) is 3.03. The van der Waals surface area contributed by atoms with E-state index in [1.54, 1.807) is 0 Å². The lowest BCUT2D eigenvalue weighted by Gasteiger charge is -2.19. The first-order chi connectivity index (χ1) is 12.4. The molecule has 0 aromatic rings. The van der Waals surface area contributed by atoms with Crippen molar-refractivity contribution in [2.75, 3.05) is 0 Å². The normalized spacial score (nSPS) is 11.9. The average molecular weight is 369 g/mol. The van der Waals surface area contributed by atoms with E-state index < -0.39 is 17.4 Å². The zero-order chi connectivity index (χ0) is 19.7. The van der Waals surface area contributed by atoms with Crippen molar-refractivity contribution in [1.82, 2.24) is 0 Å². The predicted molar refractivity (Wildman–Crippen MR) is 107 cm³/mol. The van der Waals surface area contributed by atoms with Gasteiger partial charge in [0.1, 0.15) is 0 Å². The lowest BCUT2D eigenvalue weighted by molar-refractivity contribution is -0.163. The van der Waals surface area contributed by atoms with Crippen LogP contribution in [0.3, 0.4) is 0 Å². The fourth-order valence-corrected chi connectivity index (χ4v) is 3.03. The minimum absolute atomic E-state index is 0.204. The summed E-state index contributed by atoms with van der Waals surface area (Å²) in [6.45, 7) is 3.55. The standard InChI is InChI=1S/C22H40O4/c1-3-4-5-6-7-8-9-10-11-12-13-14-15-16-17-18-19-22(2,20(23)24)21(25)26/h11-12H,3-10,13-19H2,1-2H3,(H,23,24)(H,25,26)/b12-11+. The Kier molecular flexibility index (Phi) is 15.1. The third kappa shape index (κ3) is 12.1. The van der Waals surface area contributed by atoms with Crippen molar-refractivity contribution < 1.29 is 19.8 Å². The van der Waals surface area contributed by atoms with Crippen LogP contribution >= 0.6 is 0 Å². The van der Waals surface area contributed by atoms with Gasteiger partial charge in [-0.25, -0.2) is 0 Å². The molecule has 0 aromatic carbocycles. The second-order valence-electron chi connectivity index (χ2n) is 7.63. The van der Waals surface area contributed by atoms with Crippen LogP contribution in [0, 0.1) is 5.41 Å². The second-order valence-corrected chi connectivity index (χ2v) is 7.63.